The molecule has 18 heavy (non-hydrogen) atoms. The fourth-order valence-corrected chi connectivity index (χ4v) is 2.48. The van der Waals surface area contributed by atoms with Crippen molar-refractivity contribution in [2.24, 2.45) is 0 Å². The van der Waals surface area contributed by atoms with E-state index in [4.69, 9.17) is 0 Å². The number of fused-ring (bicyclic) bond motifs is 1. The zero-order chi connectivity index (χ0) is 13.1. The van der Waals surface area contributed by atoms with E-state index in [0.29, 0.717) is 12.0 Å². The van der Waals surface area contributed by atoms with Crippen molar-refractivity contribution < 1.29 is 15.0 Å². The molecule has 0 aliphatic carbocycles. The van der Waals surface area contributed by atoms with Crippen LogP contribution in [-0.2, 0) is 6.42 Å². The Labute approximate surface area is 107 Å². The standard InChI is InChI=1S/C14H19NO3/c1-10(16)7-9-15-8-3-5-11-12(14(17)18)4-2-6-13(11)15/h2,4,6,10,16H,3,5,7-9H2,1H3,(H,17,18). The second-order valence-corrected chi connectivity index (χ2v) is 4.84. The first-order valence-electron chi connectivity index (χ1n) is 6.38. The maximum absolute atomic E-state index is 11.2. The molecular formula is C14H19NO3. The van der Waals surface area contributed by atoms with Crippen LogP contribution in [0.1, 0.15) is 35.7 Å². The molecule has 1 heterocycles. The van der Waals surface area contributed by atoms with Gasteiger partial charge in [-0.1, -0.05) is 6.07 Å². The molecule has 2 N–H and O–H groups in total. The number of aliphatic hydroxyl groups is 1. The van der Waals surface area contributed by atoms with Crippen molar-refractivity contribution in [1.29, 1.82) is 0 Å². The third-order valence-corrected chi connectivity index (χ3v) is 3.39. The minimum absolute atomic E-state index is 0.321. The number of benzene rings is 1. The molecular weight excluding hydrogens is 230 g/mol. The predicted molar refractivity (Wildman–Crippen MR) is 70.2 cm³/mol. The minimum Gasteiger partial charge on any atom is -0.478 e. The molecule has 4 nitrogen and oxygen atoms in total. The van der Waals surface area contributed by atoms with E-state index in [1.165, 1.54) is 0 Å². The van der Waals surface area contributed by atoms with Crippen molar-refractivity contribution in [3.8, 4) is 0 Å². The molecule has 0 spiro atoms. The van der Waals surface area contributed by atoms with Crippen LogP contribution in [0.4, 0.5) is 5.69 Å². The van der Waals surface area contributed by atoms with E-state index >= 15 is 0 Å². The van der Waals surface area contributed by atoms with Crippen LogP contribution < -0.4 is 4.90 Å². The summed E-state index contributed by atoms with van der Waals surface area (Å²) in [5.74, 6) is -0.857. The summed E-state index contributed by atoms with van der Waals surface area (Å²) >= 11 is 0. The maximum atomic E-state index is 11.2. The normalized spacial score (nSPS) is 16.2. The molecule has 1 aliphatic rings. The number of carboxylic acid groups (broad SMARTS) is 1. The van der Waals surface area contributed by atoms with Gasteiger partial charge in [0.1, 0.15) is 0 Å². The number of carbonyl (C=O) groups is 1. The zero-order valence-electron chi connectivity index (χ0n) is 10.6. The molecule has 2 rings (SSSR count). The third kappa shape index (κ3) is 2.64. The molecule has 0 aromatic heterocycles. The predicted octanol–water partition coefficient (Wildman–Crippen LogP) is 1.91. The fourth-order valence-electron chi connectivity index (χ4n) is 2.48. The Bertz CT molecular complexity index is 443. The first kappa shape index (κ1) is 12.9. The van der Waals surface area contributed by atoms with Crippen LogP contribution in [0.2, 0.25) is 0 Å². The smallest absolute Gasteiger partial charge is 0.336 e. The highest BCUT2D eigenvalue weighted by Crippen LogP contribution is 2.30. The lowest BCUT2D eigenvalue weighted by molar-refractivity contribution is 0.0695. The quantitative estimate of drug-likeness (QED) is 0.855. The van der Waals surface area contributed by atoms with E-state index < -0.39 is 5.97 Å². The van der Waals surface area contributed by atoms with Gasteiger partial charge in [-0.25, -0.2) is 4.79 Å². The SMILES string of the molecule is CC(O)CCN1CCCc2c(C(=O)O)cccc21. The van der Waals surface area contributed by atoms with Gasteiger partial charge in [-0.15, -0.1) is 0 Å². The van der Waals surface area contributed by atoms with Gasteiger partial charge in [0, 0.05) is 18.8 Å². The van der Waals surface area contributed by atoms with Crippen LogP contribution in [0.15, 0.2) is 18.2 Å². The van der Waals surface area contributed by atoms with Gasteiger partial charge in [-0.3, -0.25) is 0 Å². The van der Waals surface area contributed by atoms with Crippen LogP contribution >= 0.6 is 0 Å². The average Bonchev–Trinajstić information content (AvgIpc) is 2.35. The van der Waals surface area contributed by atoms with Crippen LogP contribution in [-0.4, -0.2) is 35.4 Å². The molecule has 0 saturated heterocycles. The number of hydrogen-bond donors (Lipinski definition) is 2. The van der Waals surface area contributed by atoms with Gasteiger partial charge in [-0.05, 0) is 43.9 Å². The zero-order valence-corrected chi connectivity index (χ0v) is 10.6. The number of nitrogens with zero attached hydrogens (tertiary/aromatic N) is 1. The van der Waals surface area contributed by atoms with E-state index in [-0.39, 0.29) is 6.10 Å². The van der Waals surface area contributed by atoms with Gasteiger partial charge in [-0.2, -0.15) is 0 Å². The Morgan fingerprint density at radius 3 is 2.94 bits per heavy atom. The number of anilines is 1. The Kier molecular flexibility index (Phi) is 3.87. The maximum Gasteiger partial charge on any atom is 0.336 e. The lowest BCUT2D eigenvalue weighted by atomic mass is 9.96. The van der Waals surface area contributed by atoms with Gasteiger partial charge in [0.15, 0.2) is 0 Å². The van der Waals surface area contributed by atoms with Crippen LogP contribution in [0.3, 0.4) is 0 Å². The Morgan fingerprint density at radius 2 is 2.28 bits per heavy atom. The van der Waals surface area contributed by atoms with Gasteiger partial charge >= 0.3 is 5.97 Å². The minimum atomic E-state index is -0.857. The monoisotopic (exact) mass is 249 g/mol. The summed E-state index contributed by atoms with van der Waals surface area (Å²) in [6, 6.07) is 5.44. The molecule has 0 bridgehead atoms. The summed E-state index contributed by atoms with van der Waals surface area (Å²) in [7, 11) is 0. The highest BCUT2D eigenvalue weighted by Gasteiger charge is 2.21. The lowest BCUT2D eigenvalue weighted by Gasteiger charge is -2.32. The summed E-state index contributed by atoms with van der Waals surface area (Å²) in [5, 5.41) is 18.5. The molecule has 98 valence electrons. The molecule has 1 atom stereocenters. The lowest BCUT2D eigenvalue weighted by Crippen LogP contribution is -2.32. The summed E-state index contributed by atoms with van der Waals surface area (Å²) in [6.45, 7) is 3.48. The summed E-state index contributed by atoms with van der Waals surface area (Å²) < 4.78 is 0. The van der Waals surface area contributed by atoms with Gasteiger partial charge < -0.3 is 15.1 Å². The van der Waals surface area contributed by atoms with Crippen LogP contribution in [0.25, 0.3) is 0 Å². The van der Waals surface area contributed by atoms with Crippen molar-refractivity contribution in [3.05, 3.63) is 29.3 Å². The third-order valence-electron chi connectivity index (χ3n) is 3.39. The Morgan fingerprint density at radius 1 is 1.50 bits per heavy atom. The molecule has 0 radical (unpaired) electrons. The second-order valence-electron chi connectivity index (χ2n) is 4.84. The van der Waals surface area contributed by atoms with Crippen LogP contribution in [0, 0.1) is 0 Å². The van der Waals surface area contributed by atoms with Crippen molar-refractivity contribution in [3.63, 3.8) is 0 Å². The Balaban J connectivity index is 2.26. The van der Waals surface area contributed by atoms with Crippen LogP contribution in [0.5, 0.6) is 0 Å². The molecule has 1 aromatic rings. The molecule has 1 aromatic carbocycles. The van der Waals surface area contributed by atoms with Gasteiger partial charge in [0.2, 0.25) is 0 Å². The van der Waals surface area contributed by atoms with Crippen molar-refractivity contribution in [2.45, 2.75) is 32.3 Å². The second kappa shape index (κ2) is 5.40. The van der Waals surface area contributed by atoms with Crippen molar-refractivity contribution in [1.82, 2.24) is 0 Å². The molecule has 4 heteroatoms. The number of rotatable bonds is 4. The van der Waals surface area contributed by atoms with Crippen molar-refractivity contribution >= 4 is 11.7 Å². The van der Waals surface area contributed by atoms with Crippen molar-refractivity contribution in [2.75, 3.05) is 18.0 Å². The Hall–Kier alpha value is -1.55. The highest BCUT2D eigenvalue weighted by atomic mass is 16.4. The molecule has 1 aliphatic heterocycles. The van der Waals surface area contributed by atoms with E-state index in [0.717, 1.165) is 37.2 Å². The number of hydrogen-bond acceptors (Lipinski definition) is 3. The highest BCUT2D eigenvalue weighted by molar-refractivity contribution is 5.91. The van der Waals surface area contributed by atoms with E-state index in [1.807, 2.05) is 6.07 Å². The summed E-state index contributed by atoms with van der Waals surface area (Å²) in [4.78, 5) is 13.4. The topological polar surface area (TPSA) is 60.8 Å². The number of carboxylic acids is 1. The summed E-state index contributed by atoms with van der Waals surface area (Å²) in [5.41, 5.74) is 2.36. The summed E-state index contributed by atoms with van der Waals surface area (Å²) in [6.07, 6.45) is 2.18. The fraction of sp³-hybridized carbons (Fsp3) is 0.500. The van der Waals surface area contributed by atoms with E-state index in [2.05, 4.69) is 4.90 Å². The first-order valence-corrected chi connectivity index (χ1v) is 6.38. The first-order chi connectivity index (χ1) is 8.59. The molecule has 0 saturated carbocycles. The van der Waals surface area contributed by atoms with E-state index in [9.17, 15) is 15.0 Å². The largest absolute Gasteiger partial charge is 0.478 e. The average molecular weight is 249 g/mol. The van der Waals surface area contributed by atoms with Gasteiger partial charge in [0.25, 0.3) is 0 Å². The van der Waals surface area contributed by atoms with E-state index in [1.54, 1.807) is 19.1 Å². The number of aliphatic hydroxyl groups excluding tert-OH is 1. The number of aromatic carboxylic acids is 1. The molecule has 1 unspecified atom stereocenters. The molecule has 0 amide bonds. The van der Waals surface area contributed by atoms with Gasteiger partial charge in [0.05, 0.1) is 11.7 Å². The molecule has 0 fully saturated rings.